The van der Waals surface area contributed by atoms with Crippen LogP contribution >= 0.6 is 0 Å². The lowest BCUT2D eigenvalue weighted by Crippen LogP contribution is -2.39. The van der Waals surface area contributed by atoms with Crippen LogP contribution in [0.25, 0.3) is 0 Å². The van der Waals surface area contributed by atoms with Crippen molar-refractivity contribution in [1.82, 2.24) is 0 Å². The largest absolute Gasteiger partial charge is 0.467 e. The molecule has 0 aliphatic carbocycles. The lowest BCUT2D eigenvalue weighted by Gasteiger charge is -2.25. The first kappa shape index (κ1) is 13.3. The average molecular weight is 218 g/mol. The van der Waals surface area contributed by atoms with Crippen LogP contribution in [-0.4, -0.2) is 41.3 Å². The van der Waals surface area contributed by atoms with Crippen LogP contribution < -0.4 is 0 Å². The average Bonchev–Trinajstić information content (AvgIpc) is 2.17. The standard InChI is InChI=1S/C9H18O4Si/c1-7(2)8(10)13-6-14-9(3,11-4)12-5/h1,6,14H2,2-5H3. The van der Waals surface area contributed by atoms with Gasteiger partial charge in [-0.2, -0.15) is 0 Å². The van der Waals surface area contributed by atoms with Crippen LogP contribution in [-0.2, 0) is 19.0 Å². The second-order valence-electron chi connectivity index (χ2n) is 3.21. The number of hydrogen-bond acceptors (Lipinski definition) is 4. The summed E-state index contributed by atoms with van der Waals surface area (Å²) < 4.78 is 15.3. The molecule has 82 valence electrons. The minimum Gasteiger partial charge on any atom is -0.467 e. The first-order valence-corrected chi connectivity index (χ1v) is 6.09. The maximum absolute atomic E-state index is 11.0. The second-order valence-corrected chi connectivity index (χ2v) is 5.40. The molecule has 0 aromatic rings. The molecule has 14 heavy (non-hydrogen) atoms. The molecule has 0 aromatic carbocycles. The second kappa shape index (κ2) is 5.95. The third-order valence-electron chi connectivity index (χ3n) is 2.00. The van der Waals surface area contributed by atoms with E-state index in [9.17, 15) is 4.79 Å². The number of carbonyl (C=O) groups is 1. The summed E-state index contributed by atoms with van der Waals surface area (Å²) in [4.78, 5) is 11.0. The number of methoxy groups -OCH3 is 2. The van der Waals surface area contributed by atoms with Gasteiger partial charge in [0.1, 0.15) is 14.9 Å². The quantitative estimate of drug-likeness (QED) is 0.276. The fraction of sp³-hybridized carbons (Fsp3) is 0.667. The Kier molecular flexibility index (Phi) is 5.67. The van der Waals surface area contributed by atoms with Crippen molar-refractivity contribution < 1.29 is 19.0 Å². The normalized spacial score (nSPS) is 12.0. The van der Waals surface area contributed by atoms with E-state index in [2.05, 4.69) is 6.58 Å². The number of rotatable bonds is 6. The summed E-state index contributed by atoms with van der Waals surface area (Å²) in [5.74, 6) is -0.355. The van der Waals surface area contributed by atoms with Gasteiger partial charge < -0.3 is 14.2 Å². The summed E-state index contributed by atoms with van der Waals surface area (Å²) in [5.41, 5.74) is -0.148. The highest BCUT2D eigenvalue weighted by atomic mass is 28.2. The van der Waals surface area contributed by atoms with Crippen LogP contribution in [0.5, 0.6) is 0 Å². The molecule has 0 amide bonds. The van der Waals surface area contributed by atoms with Crippen LogP contribution in [0.2, 0.25) is 0 Å². The SMILES string of the molecule is C=C(C)C(=O)OC[SiH2]C(C)(OC)OC. The van der Waals surface area contributed by atoms with E-state index in [1.54, 1.807) is 21.1 Å². The topological polar surface area (TPSA) is 44.8 Å². The Bertz CT molecular complexity index is 211. The molecule has 0 saturated heterocycles. The summed E-state index contributed by atoms with van der Waals surface area (Å²) in [7, 11) is 2.39. The Balaban J connectivity index is 3.83. The number of ether oxygens (including phenoxy) is 3. The van der Waals surface area contributed by atoms with Crippen molar-refractivity contribution in [3.05, 3.63) is 12.2 Å². The third kappa shape index (κ3) is 4.55. The van der Waals surface area contributed by atoms with E-state index in [1.165, 1.54) is 0 Å². The molecular formula is C9H18O4Si. The molecule has 0 unspecified atom stereocenters. The zero-order chi connectivity index (χ0) is 11.2. The predicted octanol–water partition coefficient (Wildman–Crippen LogP) is 0.198. The van der Waals surface area contributed by atoms with Crippen molar-refractivity contribution in [3.8, 4) is 0 Å². The predicted molar refractivity (Wildman–Crippen MR) is 56.7 cm³/mol. The van der Waals surface area contributed by atoms with Gasteiger partial charge in [0.05, 0.1) is 6.23 Å². The van der Waals surface area contributed by atoms with Crippen molar-refractivity contribution in [2.75, 3.05) is 20.4 Å². The van der Waals surface area contributed by atoms with Gasteiger partial charge >= 0.3 is 5.97 Å². The summed E-state index contributed by atoms with van der Waals surface area (Å²) in [6.07, 6.45) is 0.393. The fourth-order valence-corrected chi connectivity index (χ4v) is 1.81. The van der Waals surface area contributed by atoms with Gasteiger partial charge in [0.2, 0.25) is 0 Å². The van der Waals surface area contributed by atoms with Gasteiger partial charge in [-0.25, -0.2) is 4.79 Å². The maximum atomic E-state index is 11.0. The van der Waals surface area contributed by atoms with Crippen LogP contribution in [0.1, 0.15) is 13.8 Å². The molecule has 0 bridgehead atoms. The molecule has 0 N–H and O–H groups in total. The monoisotopic (exact) mass is 218 g/mol. The van der Waals surface area contributed by atoms with Crippen molar-refractivity contribution in [3.63, 3.8) is 0 Å². The highest BCUT2D eigenvalue weighted by Crippen LogP contribution is 2.07. The van der Waals surface area contributed by atoms with E-state index < -0.39 is 14.9 Å². The highest BCUT2D eigenvalue weighted by Gasteiger charge is 2.23. The Morgan fingerprint density at radius 3 is 2.29 bits per heavy atom. The molecule has 0 fully saturated rings. The van der Waals surface area contributed by atoms with Crippen LogP contribution in [0.4, 0.5) is 0 Å². The third-order valence-corrected chi connectivity index (χ3v) is 3.90. The summed E-state index contributed by atoms with van der Waals surface area (Å²) in [5, 5.41) is 0. The molecule has 0 aliphatic rings. The molecule has 0 rings (SSSR count). The first-order valence-electron chi connectivity index (χ1n) is 4.38. The molecule has 0 aliphatic heterocycles. The molecule has 0 atom stereocenters. The van der Waals surface area contributed by atoms with Gasteiger partial charge in [-0.15, -0.1) is 0 Å². The van der Waals surface area contributed by atoms with Crippen LogP contribution in [0.3, 0.4) is 0 Å². The van der Waals surface area contributed by atoms with E-state index in [0.717, 1.165) is 0 Å². The van der Waals surface area contributed by atoms with Gasteiger partial charge in [0.25, 0.3) is 0 Å². The summed E-state index contributed by atoms with van der Waals surface area (Å²) >= 11 is 0. The molecule has 0 saturated carbocycles. The Morgan fingerprint density at radius 1 is 1.43 bits per heavy atom. The smallest absolute Gasteiger partial charge is 0.332 e. The summed E-state index contributed by atoms with van der Waals surface area (Å²) in [6, 6.07) is 0. The molecule has 0 radical (unpaired) electrons. The van der Waals surface area contributed by atoms with Crippen molar-refractivity contribution in [1.29, 1.82) is 0 Å². The van der Waals surface area contributed by atoms with E-state index in [0.29, 0.717) is 11.8 Å². The lowest BCUT2D eigenvalue weighted by molar-refractivity contribution is -0.140. The fourth-order valence-electron chi connectivity index (χ4n) is 0.740. The van der Waals surface area contributed by atoms with E-state index in [4.69, 9.17) is 14.2 Å². The van der Waals surface area contributed by atoms with Crippen LogP contribution in [0.15, 0.2) is 12.2 Å². The van der Waals surface area contributed by atoms with Crippen molar-refractivity contribution in [2.45, 2.75) is 19.3 Å². The van der Waals surface area contributed by atoms with Gasteiger partial charge in [0.15, 0.2) is 0 Å². The molecular weight excluding hydrogens is 200 g/mol. The van der Waals surface area contributed by atoms with E-state index in [1.807, 2.05) is 6.92 Å². The minimum atomic E-state index is -0.775. The first-order chi connectivity index (χ1) is 6.45. The van der Waals surface area contributed by atoms with Gasteiger partial charge in [0, 0.05) is 19.8 Å². The number of carbonyl (C=O) groups excluding carboxylic acids is 1. The zero-order valence-corrected chi connectivity index (χ0v) is 10.7. The molecule has 0 spiro atoms. The summed E-state index contributed by atoms with van der Waals surface area (Å²) in [6.45, 7) is 6.95. The Morgan fingerprint density at radius 2 is 1.93 bits per heavy atom. The van der Waals surface area contributed by atoms with E-state index in [-0.39, 0.29) is 5.97 Å². The molecule has 5 heteroatoms. The van der Waals surface area contributed by atoms with Gasteiger partial charge in [-0.3, -0.25) is 0 Å². The number of hydrogen-bond donors (Lipinski definition) is 0. The zero-order valence-electron chi connectivity index (χ0n) is 9.25. The van der Waals surface area contributed by atoms with Crippen molar-refractivity contribution in [2.24, 2.45) is 0 Å². The van der Waals surface area contributed by atoms with Gasteiger partial charge in [-0.05, 0) is 13.8 Å². The minimum absolute atomic E-state index is 0.355. The molecule has 0 heterocycles. The van der Waals surface area contributed by atoms with Crippen LogP contribution in [0, 0.1) is 0 Å². The molecule has 4 nitrogen and oxygen atoms in total. The Labute approximate surface area is 87.0 Å². The number of esters is 1. The highest BCUT2D eigenvalue weighted by molar-refractivity contribution is 6.38. The molecule has 0 aromatic heterocycles. The van der Waals surface area contributed by atoms with Crippen molar-refractivity contribution >= 4 is 15.5 Å². The Hall–Kier alpha value is -0.653. The van der Waals surface area contributed by atoms with Gasteiger partial charge in [-0.1, -0.05) is 6.58 Å². The van der Waals surface area contributed by atoms with E-state index >= 15 is 0 Å². The lowest BCUT2D eigenvalue weighted by atomic mass is 10.4. The maximum Gasteiger partial charge on any atom is 0.332 e.